The van der Waals surface area contributed by atoms with E-state index in [1.54, 1.807) is 44.8 Å². The van der Waals surface area contributed by atoms with Crippen LogP contribution in [0, 0.1) is 0 Å². The van der Waals surface area contributed by atoms with Crippen molar-refractivity contribution in [3.8, 4) is 34.1 Å². The van der Waals surface area contributed by atoms with Crippen LogP contribution in [0.5, 0.6) is 11.5 Å². The lowest BCUT2D eigenvalue weighted by molar-refractivity contribution is -0.116. The molecule has 4 rings (SSSR count). The molecule has 9 nitrogen and oxygen atoms in total. The Kier molecular flexibility index (Phi) is 6.18. The topological polar surface area (TPSA) is 112 Å². The van der Waals surface area contributed by atoms with Crippen LogP contribution in [0.25, 0.3) is 22.6 Å². The number of nitrogens with zero attached hydrogens (tertiary/aromatic N) is 4. The Balaban J connectivity index is 1.36. The van der Waals surface area contributed by atoms with E-state index in [9.17, 15) is 4.79 Å². The molecule has 0 radical (unpaired) electrons. The summed E-state index contributed by atoms with van der Waals surface area (Å²) in [5.74, 6) is 2.01. The maximum Gasteiger partial charge on any atom is 0.227 e. The van der Waals surface area contributed by atoms with E-state index in [0.29, 0.717) is 40.5 Å². The number of anilines is 1. The number of thiazole rings is 1. The first-order valence-corrected chi connectivity index (χ1v) is 10.2. The van der Waals surface area contributed by atoms with Crippen molar-refractivity contribution >= 4 is 22.4 Å². The van der Waals surface area contributed by atoms with Crippen molar-refractivity contribution in [2.45, 2.75) is 12.8 Å². The minimum Gasteiger partial charge on any atom is -0.497 e. The second-order valence-corrected chi connectivity index (χ2v) is 7.26. The lowest BCUT2D eigenvalue weighted by atomic mass is 10.1. The largest absolute Gasteiger partial charge is 0.497 e. The lowest BCUT2D eigenvalue weighted by Gasteiger charge is -2.08. The number of hydrogen-bond donors (Lipinski definition) is 1. The number of rotatable bonds is 8. The van der Waals surface area contributed by atoms with Gasteiger partial charge >= 0.3 is 0 Å². The quantitative estimate of drug-likeness (QED) is 0.442. The highest BCUT2D eigenvalue weighted by molar-refractivity contribution is 7.14. The van der Waals surface area contributed by atoms with Gasteiger partial charge in [-0.1, -0.05) is 5.16 Å². The number of methoxy groups -OCH3 is 2. The fraction of sp³-hybridized carbons (Fsp3) is 0.190. The van der Waals surface area contributed by atoms with Gasteiger partial charge in [0.15, 0.2) is 5.13 Å². The smallest absolute Gasteiger partial charge is 0.227 e. The van der Waals surface area contributed by atoms with Crippen LogP contribution < -0.4 is 14.8 Å². The molecule has 0 saturated heterocycles. The second-order valence-electron chi connectivity index (χ2n) is 6.40. The monoisotopic (exact) mass is 437 g/mol. The van der Waals surface area contributed by atoms with Crippen LogP contribution >= 0.6 is 11.3 Å². The summed E-state index contributed by atoms with van der Waals surface area (Å²) in [6, 6.07) is 9.07. The number of aromatic nitrogens is 4. The molecular weight excluding hydrogens is 418 g/mol. The molecule has 158 valence electrons. The van der Waals surface area contributed by atoms with E-state index in [-0.39, 0.29) is 12.3 Å². The molecule has 0 fully saturated rings. The summed E-state index contributed by atoms with van der Waals surface area (Å²) in [6.45, 7) is 0. The van der Waals surface area contributed by atoms with Crippen molar-refractivity contribution in [3.05, 3.63) is 54.0 Å². The van der Waals surface area contributed by atoms with Crippen molar-refractivity contribution in [2.24, 2.45) is 0 Å². The minimum absolute atomic E-state index is 0.189. The van der Waals surface area contributed by atoms with Crippen LogP contribution in [0.1, 0.15) is 12.3 Å². The summed E-state index contributed by atoms with van der Waals surface area (Å²) < 4.78 is 15.9. The summed E-state index contributed by atoms with van der Waals surface area (Å²) in [5.41, 5.74) is 2.33. The van der Waals surface area contributed by atoms with Crippen LogP contribution in [-0.4, -0.2) is 40.2 Å². The van der Waals surface area contributed by atoms with Crippen molar-refractivity contribution in [1.29, 1.82) is 0 Å². The molecule has 0 spiro atoms. The molecule has 3 heterocycles. The zero-order chi connectivity index (χ0) is 21.6. The molecule has 4 aromatic rings. The predicted molar refractivity (Wildman–Crippen MR) is 115 cm³/mol. The Hall–Kier alpha value is -3.79. The highest BCUT2D eigenvalue weighted by atomic mass is 32.1. The summed E-state index contributed by atoms with van der Waals surface area (Å²) in [7, 11) is 3.18. The fourth-order valence-electron chi connectivity index (χ4n) is 2.84. The van der Waals surface area contributed by atoms with Crippen LogP contribution in [0.3, 0.4) is 0 Å². The van der Waals surface area contributed by atoms with Gasteiger partial charge in [-0.3, -0.25) is 9.78 Å². The highest BCUT2D eigenvalue weighted by Crippen LogP contribution is 2.34. The number of nitrogens with one attached hydrogen (secondary N) is 1. The summed E-state index contributed by atoms with van der Waals surface area (Å²) >= 11 is 1.34. The van der Waals surface area contributed by atoms with E-state index in [1.165, 1.54) is 11.3 Å². The molecule has 0 atom stereocenters. The molecule has 10 heteroatoms. The first-order chi connectivity index (χ1) is 15.2. The average Bonchev–Trinajstić information content (AvgIpc) is 3.47. The van der Waals surface area contributed by atoms with E-state index in [1.807, 2.05) is 17.5 Å². The first kappa shape index (κ1) is 20.5. The number of carbonyl (C=O) groups excluding carboxylic acids is 1. The molecule has 1 N–H and O–H groups in total. The van der Waals surface area contributed by atoms with E-state index in [2.05, 4.69) is 25.4 Å². The number of ether oxygens (including phenoxy) is 2. The van der Waals surface area contributed by atoms with Gasteiger partial charge in [0.05, 0.1) is 19.9 Å². The van der Waals surface area contributed by atoms with Gasteiger partial charge in [-0.25, -0.2) is 4.98 Å². The number of carbonyl (C=O) groups is 1. The number of benzene rings is 1. The standard InChI is InChI=1S/C21H19N5O4S/c1-28-14-3-4-15(17(11-14)29-2)16-12-31-21(23-16)24-18(27)5-6-19-25-20(26-30-19)13-7-9-22-10-8-13/h3-4,7-12H,5-6H2,1-2H3,(H,23,24,27). The third-order valence-corrected chi connectivity index (χ3v) is 5.17. The molecule has 3 aromatic heterocycles. The van der Waals surface area contributed by atoms with Gasteiger partial charge in [-0.2, -0.15) is 4.98 Å². The van der Waals surface area contributed by atoms with Crippen molar-refractivity contribution < 1.29 is 18.8 Å². The van der Waals surface area contributed by atoms with Crippen molar-refractivity contribution in [1.82, 2.24) is 20.1 Å². The lowest BCUT2D eigenvalue weighted by Crippen LogP contribution is -2.12. The third-order valence-electron chi connectivity index (χ3n) is 4.41. The predicted octanol–water partition coefficient (Wildman–Crippen LogP) is 3.84. The van der Waals surface area contributed by atoms with Crippen molar-refractivity contribution in [3.63, 3.8) is 0 Å². The maximum absolute atomic E-state index is 12.3. The average molecular weight is 437 g/mol. The van der Waals surface area contributed by atoms with E-state index in [4.69, 9.17) is 14.0 Å². The third kappa shape index (κ3) is 4.86. The SMILES string of the molecule is COc1ccc(-c2csc(NC(=O)CCc3nc(-c4ccncc4)no3)n2)c(OC)c1. The molecule has 0 aliphatic rings. The number of amides is 1. The maximum atomic E-state index is 12.3. The van der Waals surface area contributed by atoms with Crippen LogP contribution in [0.15, 0.2) is 52.6 Å². The molecule has 0 bridgehead atoms. The van der Waals surface area contributed by atoms with Gasteiger partial charge in [-0.15, -0.1) is 11.3 Å². The van der Waals surface area contributed by atoms with Gasteiger partial charge < -0.3 is 19.3 Å². The van der Waals surface area contributed by atoms with Crippen LogP contribution in [0.4, 0.5) is 5.13 Å². The van der Waals surface area contributed by atoms with Crippen LogP contribution in [-0.2, 0) is 11.2 Å². The van der Waals surface area contributed by atoms with Gasteiger partial charge in [0.25, 0.3) is 0 Å². The molecule has 1 amide bonds. The number of hydrogen-bond acceptors (Lipinski definition) is 9. The Bertz CT molecular complexity index is 1180. The number of pyridine rings is 1. The van der Waals surface area contributed by atoms with Gasteiger partial charge in [0.1, 0.15) is 11.5 Å². The van der Waals surface area contributed by atoms with E-state index < -0.39 is 0 Å². The van der Waals surface area contributed by atoms with Crippen LogP contribution in [0.2, 0.25) is 0 Å². The minimum atomic E-state index is -0.189. The summed E-state index contributed by atoms with van der Waals surface area (Å²) in [6.07, 6.45) is 3.83. The Morgan fingerprint density at radius 2 is 1.97 bits per heavy atom. The van der Waals surface area contributed by atoms with Gasteiger partial charge in [-0.05, 0) is 24.3 Å². The van der Waals surface area contributed by atoms with E-state index in [0.717, 1.165) is 11.1 Å². The zero-order valence-electron chi connectivity index (χ0n) is 16.9. The Morgan fingerprint density at radius 1 is 1.13 bits per heavy atom. The Labute approximate surface area is 182 Å². The second kappa shape index (κ2) is 9.35. The normalized spacial score (nSPS) is 10.6. The number of aryl methyl sites for hydroxylation is 1. The summed E-state index contributed by atoms with van der Waals surface area (Å²) in [4.78, 5) is 25.1. The molecule has 0 saturated carbocycles. The van der Waals surface area contributed by atoms with Gasteiger partial charge in [0.2, 0.25) is 17.6 Å². The van der Waals surface area contributed by atoms with E-state index >= 15 is 0 Å². The molecule has 1 aromatic carbocycles. The van der Waals surface area contributed by atoms with Crippen molar-refractivity contribution in [2.75, 3.05) is 19.5 Å². The zero-order valence-corrected chi connectivity index (χ0v) is 17.7. The molecular formula is C21H19N5O4S. The molecule has 0 aliphatic heterocycles. The molecule has 0 unspecified atom stereocenters. The molecule has 0 aliphatic carbocycles. The van der Waals surface area contributed by atoms with Gasteiger partial charge in [0, 0.05) is 47.8 Å². The fourth-order valence-corrected chi connectivity index (χ4v) is 3.57. The first-order valence-electron chi connectivity index (χ1n) is 9.37. The Morgan fingerprint density at radius 3 is 2.74 bits per heavy atom. The summed E-state index contributed by atoms with van der Waals surface area (Å²) in [5, 5.41) is 9.10. The molecule has 31 heavy (non-hydrogen) atoms. The highest BCUT2D eigenvalue weighted by Gasteiger charge is 2.14.